The van der Waals surface area contributed by atoms with Gasteiger partial charge in [-0.1, -0.05) is 12.1 Å². The maximum atomic E-state index is 4.36. The lowest BCUT2D eigenvalue weighted by atomic mass is 9.89. The molecule has 1 N–H and O–H groups in total. The SMILES string of the molecule is Cl.c1cnc2ccc(C3CCNCC3)cc2c1. The van der Waals surface area contributed by atoms with Crippen molar-refractivity contribution in [2.45, 2.75) is 18.8 Å². The van der Waals surface area contributed by atoms with E-state index in [1.807, 2.05) is 12.3 Å². The molecule has 1 aromatic carbocycles. The summed E-state index contributed by atoms with van der Waals surface area (Å²) in [5.74, 6) is 0.728. The van der Waals surface area contributed by atoms with Crippen molar-refractivity contribution in [3.63, 3.8) is 0 Å². The molecule has 0 radical (unpaired) electrons. The highest BCUT2D eigenvalue weighted by molar-refractivity contribution is 5.85. The number of fused-ring (bicyclic) bond motifs is 1. The van der Waals surface area contributed by atoms with Gasteiger partial charge in [0.05, 0.1) is 5.52 Å². The first-order valence-electron chi connectivity index (χ1n) is 5.99. The van der Waals surface area contributed by atoms with Gasteiger partial charge in [0.15, 0.2) is 0 Å². The summed E-state index contributed by atoms with van der Waals surface area (Å²) in [7, 11) is 0. The van der Waals surface area contributed by atoms with Gasteiger partial charge in [-0.15, -0.1) is 12.4 Å². The lowest BCUT2D eigenvalue weighted by molar-refractivity contribution is 0.460. The zero-order valence-corrected chi connectivity index (χ0v) is 10.5. The maximum absolute atomic E-state index is 4.36. The molecule has 1 aromatic heterocycles. The average molecular weight is 249 g/mol. The minimum atomic E-state index is 0. The number of aromatic nitrogens is 1. The third-order valence-corrected chi connectivity index (χ3v) is 3.44. The van der Waals surface area contributed by atoms with E-state index in [9.17, 15) is 0 Å². The van der Waals surface area contributed by atoms with Crippen LogP contribution in [0.5, 0.6) is 0 Å². The number of hydrogen-bond donors (Lipinski definition) is 1. The maximum Gasteiger partial charge on any atom is 0.0702 e. The third-order valence-electron chi connectivity index (χ3n) is 3.44. The standard InChI is InChI=1S/C14H16N2.ClH/c1-2-13-10-12(3-4-14(13)16-7-1)11-5-8-15-9-6-11;/h1-4,7,10-11,15H,5-6,8-9H2;1H. The average Bonchev–Trinajstić information content (AvgIpc) is 2.39. The van der Waals surface area contributed by atoms with Crippen molar-refractivity contribution in [1.82, 2.24) is 10.3 Å². The quantitative estimate of drug-likeness (QED) is 0.839. The molecular weight excluding hydrogens is 232 g/mol. The Morgan fingerprint density at radius 3 is 2.76 bits per heavy atom. The van der Waals surface area contributed by atoms with Gasteiger partial charge < -0.3 is 5.32 Å². The van der Waals surface area contributed by atoms with Crippen molar-refractivity contribution < 1.29 is 0 Å². The van der Waals surface area contributed by atoms with Crippen LogP contribution < -0.4 is 5.32 Å². The van der Waals surface area contributed by atoms with Crippen LogP contribution in [0, 0.1) is 0 Å². The topological polar surface area (TPSA) is 24.9 Å². The summed E-state index contributed by atoms with van der Waals surface area (Å²) >= 11 is 0. The fraction of sp³-hybridized carbons (Fsp3) is 0.357. The van der Waals surface area contributed by atoms with Crippen molar-refractivity contribution in [1.29, 1.82) is 0 Å². The summed E-state index contributed by atoms with van der Waals surface area (Å²) in [4.78, 5) is 4.36. The number of hydrogen-bond acceptors (Lipinski definition) is 2. The van der Waals surface area contributed by atoms with Gasteiger partial charge in [-0.2, -0.15) is 0 Å². The molecule has 17 heavy (non-hydrogen) atoms. The Hall–Kier alpha value is -1.12. The van der Waals surface area contributed by atoms with Crippen LogP contribution in [0.15, 0.2) is 36.5 Å². The van der Waals surface area contributed by atoms with E-state index in [0.717, 1.165) is 24.5 Å². The number of benzene rings is 1. The van der Waals surface area contributed by atoms with Crippen LogP contribution in [-0.2, 0) is 0 Å². The highest BCUT2D eigenvalue weighted by atomic mass is 35.5. The zero-order chi connectivity index (χ0) is 10.8. The molecule has 90 valence electrons. The summed E-state index contributed by atoms with van der Waals surface area (Å²) in [6, 6.07) is 10.8. The predicted octanol–water partition coefficient (Wildman–Crippen LogP) is 3.12. The monoisotopic (exact) mass is 248 g/mol. The number of nitrogens with one attached hydrogen (secondary N) is 1. The van der Waals surface area contributed by atoms with Crippen molar-refractivity contribution in [2.24, 2.45) is 0 Å². The molecule has 3 rings (SSSR count). The van der Waals surface area contributed by atoms with Gasteiger partial charge >= 0.3 is 0 Å². The Kier molecular flexibility index (Phi) is 3.97. The first-order chi connectivity index (χ1) is 7.93. The number of pyridine rings is 1. The molecule has 1 aliphatic rings. The van der Waals surface area contributed by atoms with E-state index in [1.54, 1.807) is 0 Å². The highest BCUT2D eigenvalue weighted by Gasteiger charge is 2.15. The van der Waals surface area contributed by atoms with Crippen molar-refractivity contribution >= 4 is 23.3 Å². The molecule has 0 aliphatic carbocycles. The smallest absolute Gasteiger partial charge is 0.0702 e. The van der Waals surface area contributed by atoms with E-state index in [4.69, 9.17) is 0 Å². The molecule has 0 atom stereocenters. The van der Waals surface area contributed by atoms with Gasteiger partial charge in [0.2, 0.25) is 0 Å². The second kappa shape index (κ2) is 5.48. The largest absolute Gasteiger partial charge is 0.317 e. The van der Waals surface area contributed by atoms with Gasteiger partial charge in [0.25, 0.3) is 0 Å². The lowest BCUT2D eigenvalue weighted by Gasteiger charge is -2.23. The summed E-state index contributed by atoms with van der Waals surface area (Å²) in [5, 5.41) is 4.67. The van der Waals surface area contributed by atoms with Crippen molar-refractivity contribution in [2.75, 3.05) is 13.1 Å². The number of halogens is 1. The van der Waals surface area contributed by atoms with Crippen molar-refractivity contribution in [3.05, 3.63) is 42.1 Å². The predicted molar refractivity (Wildman–Crippen MR) is 73.8 cm³/mol. The van der Waals surface area contributed by atoms with Crippen LogP contribution in [0.25, 0.3) is 10.9 Å². The van der Waals surface area contributed by atoms with Crippen LogP contribution >= 0.6 is 12.4 Å². The number of nitrogens with zero attached hydrogens (tertiary/aromatic N) is 1. The molecule has 2 aromatic rings. The van der Waals surface area contributed by atoms with E-state index in [2.05, 4.69) is 34.6 Å². The Bertz CT molecular complexity index is 492. The molecule has 3 heteroatoms. The molecule has 2 nitrogen and oxygen atoms in total. The molecule has 0 unspecified atom stereocenters. The molecular formula is C14H17ClN2. The fourth-order valence-electron chi connectivity index (χ4n) is 2.50. The minimum Gasteiger partial charge on any atom is -0.317 e. The Morgan fingerprint density at radius 1 is 1.12 bits per heavy atom. The minimum absolute atomic E-state index is 0. The first-order valence-corrected chi connectivity index (χ1v) is 5.99. The summed E-state index contributed by atoms with van der Waals surface area (Å²) in [6.07, 6.45) is 4.37. The Balaban J connectivity index is 0.00000108. The fourth-order valence-corrected chi connectivity index (χ4v) is 2.50. The van der Waals surface area contributed by atoms with Gasteiger partial charge in [-0.05, 0) is 55.6 Å². The van der Waals surface area contributed by atoms with Crippen molar-refractivity contribution in [3.8, 4) is 0 Å². The molecule has 0 spiro atoms. The first kappa shape index (κ1) is 12.3. The second-order valence-electron chi connectivity index (χ2n) is 4.48. The van der Waals surface area contributed by atoms with E-state index < -0.39 is 0 Å². The summed E-state index contributed by atoms with van der Waals surface area (Å²) in [5.41, 5.74) is 2.57. The van der Waals surface area contributed by atoms with Gasteiger partial charge in [0, 0.05) is 11.6 Å². The zero-order valence-electron chi connectivity index (χ0n) is 9.73. The third kappa shape index (κ3) is 2.59. The molecule has 0 bridgehead atoms. The summed E-state index contributed by atoms with van der Waals surface area (Å²) in [6.45, 7) is 2.30. The van der Waals surface area contributed by atoms with E-state index in [-0.39, 0.29) is 12.4 Å². The molecule has 0 saturated carbocycles. The van der Waals surface area contributed by atoms with Gasteiger partial charge in [-0.25, -0.2) is 0 Å². The molecule has 2 heterocycles. The normalized spacial score (nSPS) is 16.7. The second-order valence-corrected chi connectivity index (χ2v) is 4.48. The number of rotatable bonds is 1. The number of piperidine rings is 1. The van der Waals surface area contributed by atoms with Gasteiger partial charge in [0.1, 0.15) is 0 Å². The van der Waals surface area contributed by atoms with E-state index in [0.29, 0.717) is 0 Å². The van der Waals surface area contributed by atoms with Crippen LogP contribution in [-0.4, -0.2) is 18.1 Å². The molecule has 1 saturated heterocycles. The Morgan fingerprint density at radius 2 is 1.94 bits per heavy atom. The Labute approximate surface area is 108 Å². The van der Waals surface area contributed by atoms with Crippen LogP contribution in [0.1, 0.15) is 24.3 Å². The van der Waals surface area contributed by atoms with E-state index in [1.165, 1.54) is 23.8 Å². The highest BCUT2D eigenvalue weighted by Crippen LogP contribution is 2.27. The van der Waals surface area contributed by atoms with E-state index >= 15 is 0 Å². The lowest BCUT2D eigenvalue weighted by Crippen LogP contribution is -2.26. The molecule has 1 aliphatic heterocycles. The van der Waals surface area contributed by atoms with Gasteiger partial charge in [-0.3, -0.25) is 4.98 Å². The molecule has 1 fully saturated rings. The van der Waals surface area contributed by atoms with Crippen LogP contribution in [0.3, 0.4) is 0 Å². The van der Waals surface area contributed by atoms with Crippen LogP contribution in [0.2, 0.25) is 0 Å². The molecule has 0 amide bonds. The van der Waals surface area contributed by atoms with Crippen LogP contribution in [0.4, 0.5) is 0 Å². The summed E-state index contributed by atoms with van der Waals surface area (Å²) < 4.78 is 0.